The van der Waals surface area contributed by atoms with Crippen LogP contribution in [0.25, 0.3) is 28.0 Å². The average molecular weight is 408 g/mol. The van der Waals surface area contributed by atoms with Crippen LogP contribution in [0.1, 0.15) is 24.2 Å². The number of halogens is 1. The van der Waals surface area contributed by atoms with Gasteiger partial charge in [0.15, 0.2) is 5.82 Å². The zero-order chi connectivity index (χ0) is 20.5. The molecule has 146 valence electrons. The SMILES string of the molecule is CC(C)Nc1ccc2cnn(-c3cncc(-c4ccc(C(=O)O)cc4Cl)n3)c2c1. The van der Waals surface area contributed by atoms with Crippen molar-refractivity contribution < 1.29 is 9.90 Å². The number of nitrogens with zero attached hydrogens (tertiary/aromatic N) is 4. The Morgan fingerprint density at radius 3 is 2.69 bits per heavy atom. The molecule has 0 bridgehead atoms. The van der Waals surface area contributed by atoms with E-state index in [4.69, 9.17) is 16.7 Å². The van der Waals surface area contributed by atoms with E-state index >= 15 is 0 Å². The van der Waals surface area contributed by atoms with Gasteiger partial charge in [0.05, 0.1) is 40.4 Å². The summed E-state index contributed by atoms with van der Waals surface area (Å²) in [4.78, 5) is 20.1. The molecule has 0 radical (unpaired) electrons. The molecule has 0 fully saturated rings. The first kappa shape index (κ1) is 18.9. The minimum absolute atomic E-state index is 0.117. The van der Waals surface area contributed by atoms with Crippen LogP contribution in [-0.4, -0.2) is 36.9 Å². The van der Waals surface area contributed by atoms with Crippen LogP contribution < -0.4 is 5.32 Å². The van der Waals surface area contributed by atoms with E-state index in [0.717, 1.165) is 16.6 Å². The van der Waals surface area contributed by atoms with Crippen molar-refractivity contribution in [1.82, 2.24) is 19.7 Å². The van der Waals surface area contributed by atoms with Crippen LogP contribution >= 0.6 is 11.6 Å². The van der Waals surface area contributed by atoms with E-state index < -0.39 is 5.97 Å². The summed E-state index contributed by atoms with van der Waals surface area (Å²) >= 11 is 6.29. The average Bonchev–Trinajstić information content (AvgIpc) is 3.10. The number of carboxylic acid groups (broad SMARTS) is 1. The highest BCUT2D eigenvalue weighted by atomic mass is 35.5. The largest absolute Gasteiger partial charge is 0.478 e. The summed E-state index contributed by atoms with van der Waals surface area (Å²) in [5.74, 6) is -0.496. The molecule has 4 rings (SSSR count). The van der Waals surface area contributed by atoms with Crippen molar-refractivity contribution in [2.75, 3.05) is 5.32 Å². The van der Waals surface area contributed by atoms with Gasteiger partial charge < -0.3 is 10.4 Å². The van der Waals surface area contributed by atoms with Crippen molar-refractivity contribution in [2.45, 2.75) is 19.9 Å². The zero-order valence-electron chi connectivity index (χ0n) is 15.8. The third-order valence-electron chi connectivity index (χ3n) is 4.36. The van der Waals surface area contributed by atoms with Crippen LogP contribution in [-0.2, 0) is 0 Å². The van der Waals surface area contributed by atoms with Crippen molar-refractivity contribution >= 4 is 34.2 Å². The highest BCUT2D eigenvalue weighted by Gasteiger charge is 2.13. The number of carboxylic acids is 1. The van der Waals surface area contributed by atoms with Crippen LogP contribution in [0.2, 0.25) is 5.02 Å². The molecule has 0 spiro atoms. The van der Waals surface area contributed by atoms with E-state index in [1.807, 2.05) is 18.2 Å². The molecular weight excluding hydrogens is 390 g/mol. The second-order valence-electron chi connectivity index (χ2n) is 6.89. The normalized spacial score (nSPS) is 11.2. The highest BCUT2D eigenvalue weighted by molar-refractivity contribution is 6.33. The maximum atomic E-state index is 11.1. The lowest BCUT2D eigenvalue weighted by Gasteiger charge is -2.11. The number of nitrogens with one attached hydrogen (secondary N) is 1. The van der Waals surface area contributed by atoms with Crippen molar-refractivity contribution in [3.8, 4) is 17.1 Å². The van der Waals surface area contributed by atoms with Crippen LogP contribution in [0.3, 0.4) is 0 Å². The third kappa shape index (κ3) is 3.77. The second kappa shape index (κ2) is 7.52. The fraction of sp³-hybridized carbons (Fsp3) is 0.143. The van der Waals surface area contributed by atoms with Gasteiger partial charge in [-0.05, 0) is 44.2 Å². The number of rotatable bonds is 5. The summed E-state index contributed by atoms with van der Waals surface area (Å²) in [7, 11) is 0. The predicted molar refractivity (Wildman–Crippen MR) is 113 cm³/mol. The fourth-order valence-electron chi connectivity index (χ4n) is 3.07. The predicted octanol–water partition coefficient (Wildman–Crippen LogP) is 4.65. The fourth-order valence-corrected chi connectivity index (χ4v) is 3.34. The van der Waals surface area contributed by atoms with E-state index in [1.54, 1.807) is 29.3 Å². The van der Waals surface area contributed by atoms with Gasteiger partial charge in [0.1, 0.15) is 0 Å². The molecule has 0 aliphatic carbocycles. The Morgan fingerprint density at radius 1 is 1.14 bits per heavy atom. The van der Waals surface area contributed by atoms with Gasteiger partial charge in [0.2, 0.25) is 0 Å². The molecule has 0 atom stereocenters. The first-order valence-electron chi connectivity index (χ1n) is 9.02. The summed E-state index contributed by atoms with van der Waals surface area (Å²) in [5, 5.41) is 18.2. The van der Waals surface area contributed by atoms with Gasteiger partial charge in [0, 0.05) is 22.7 Å². The molecule has 0 aliphatic rings. The highest BCUT2D eigenvalue weighted by Crippen LogP contribution is 2.28. The lowest BCUT2D eigenvalue weighted by Crippen LogP contribution is -2.09. The number of fused-ring (bicyclic) bond motifs is 1. The van der Waals surface area contributed by atoms with Gasteiger partial charge in [-0.2, -0.15) is 5.10 Å². The molecule has 2 N–H and O–H groups in total. The quantitative estimate of drug-likeness (QED) is 0.500. The van der Waals surface area contributed by atoms with Gasteiger partial charge in [-0.15, -0.1) is 0 Å². The number of benzene rings is 2. The minimum Gasteiger partial charge on any atom is -0.478 e. The second-order valence-corrected chi connectivity index (χ2v) is 7.30. The van der Waals surface area contributed by atoms with Gasteiger partial charge in [-0.25, -0.2) is 14.5 Å². The smallest absolute Gasteiger partial charge is 0.335 e. The lowest BCUT2D eigenvalue weighted by atomic mass is 10.1. The molecule has 2 aromatic heterocycles. The van der Waals surface area contributed by atoms with Crippen LogP contribution in [0, 0.1) is 0 Å². The third-order valence-corrected chi connectivity index (χ3v) is 4.67. The Hall–Kier alpha value is -3.45. The molecule has 0 saturated carbocycles. The maximum absolute atomic E-state index is 11.1. The van der Waals surface area contributed by atoms with Crippen LogP contribution in [0.15, 0.2) is 55.0 Å². The summed E-state index contributed by atoms with van der Waals surface area (Å²) in [6.07, 6.45) is 4.98. The Balaban J connectivity index is 1.77. The molecule has 4 aromatic rings. The number of carbonyl (C=O) groups is 1. The van der Waals surface area contributed by atoms with E-state index in [1.165, 1.54) is 12.1 Å². The van der Waals surface area contributed by atoms with E-state index in [2.05, 4.69) is 34.2 Å². The molecule has 0 amide bonds. The monoisotopic (exact) mass is 407 g/mol. The lowest BCUT2D eigenvalue weighted by molar-refractivity contribution is 0.0697. The summed E-state index contributed by atoms with van der Waals surface area (Å²) in [6.45, 7) is 4.16. The van der Waals surface area contributed by atoms with Gasteiger partial charge in [-0.1, -0.05) is 17.7 Å². The Morgan fingerprint density at radius 2 is 1.97 bits per heavy atom. The number of anilines is 1. The molecule has 2 aromatic carbocycles. The summed E-state index contributed by atoms with van der Waals surface area (Å²) in [5.41, 5.74) is 3.14. The van der Waals surface area contributed by atoms with Crippen molar-refractivity contribution in [2.24, 2.45) is 0 Å². The number of hydrogen-bond acceptors (Lipinski definition) is 5. The molecule has 0 aliphatic heterocycles. The maximum Gasteiger partial charge on any atom is 0.335 e. The first-order valence-corrected chi connectivity index (χ1v) is 9.40. The first-order chi connectivity index (χ1) is 13.9. The van der Waals surface area contributed by atoms with E-state index in [-0.39, 0.29) is 5.56 Å². The Kier molecular flexibility index (Phi) is 4.90. The summed E-state index contributed by atoms with van der Waals surface area (Å²) in [6, 6.07) is 10.9. The molecule has 8 heteroatoms. The Labute approximate surface area is 172 Å². The van der Waals surface area contributed by atoms with E-state index in [0.29, 0.717) is 28.1 Å². The standard InChI is InChI=1S/C21H18ClN5O2/c1-12(2)25-15-5-3-14-9-24-27(19(14)8-15)20-11-23-10-18(26-20)16-6-4-13(21(28)29)7-17(16)22/h3-12,25H,1-2H3,(H,28,29). The molecule has 2 heterocycles. The van der Waals surface area contributed by atoms with Gasteiger partial charge >= 0.3 is 5.97 Å². The molecule has 29 heavy (non-hydrogen) atoms. The van der Waals surface area contributed by atoms with Crippen molar-refractivity contribution in [1.29, 1.82) is 0 Å². The molecule has 7 nitrogen and oxygen atoms in total. The van der Waals surface area contributed by atoms with E-state index in [9.17, 15) is 4.79 Å². The molecule has 0 unspecified atom stereocenters. The number of hydrogen-bond donors (Lipinski definition) is 2. The number of aromatic carboxylic acids is 1. The topological polar surface area (TPSA) is 92.9 Å². The minimum atomic E-state index is -1.04. The zero-order valence-corrected chi connectivity index (χ0v) is 16.6. The molecular formula is C21H18ClN5O2. The van der Waals surface area contributed by atoms with Crippen molar-refractivity contribution in [3.05, 3.63) is 65.6 Å². The van der Waals surface area contributed by atoms with Crippen molar-refractivity contribution in [3.63, 3.8) is 0 Å². The van der Waals surface area contributed by atoms with Crippen LogP contribution in [0.5, 0.6) is 0 Å². The molecule has 0 saturated heterocycles. The van der Waals surface area contributed by atoms with Crippen LogP contribution in [0.4, 0.5) is 5.69 Å². The number of aromatic nitrogens is 4. The summed E-state index contributed by atoms with van der Waals surface area (Å²) < 4.78 is 1.72. The van der Waals surface area contributed by atoms with Gasteiger partial charge in [0.25, 0.3) is 0 Å². The van der Waals surface area contributed by atoms with Gasteiger partial charge in [-0.3, -0.25) is 4.98 Å². The Bertz CT molecular complexity index is 1220.